The van der Waals surface area contributed by atoms with Gasteiger partial charge >= 0.3 is 0 Å². The molecule has 0 aliphatic heterocycles. The number of aromatic nitrogens is 3. The van der Waals surface area contributed by atoms with Crippen LogP contribution in [-0.2, 0) is 19.9 Å². The number of rotatable bonds is 5. The van der Waals surface area contributed by atoms with Gasteiger partial charge in [-0.15, -0.1) is 0 Å². The van der Waals surface area contributed by atoms with E-state index in [0.29, 0.717) is 12.2 Å². The van der Waals surface area contributed by atoms with Crippen LogP contribution in [0.4, 0.5) is 5.82 Å². The Morgan fingerprint density at radius 3 is 2.63 bits per heavy atom. The molecule has 5 N–H and O–H groups in total. The minimum Gasteiger partial charge on any atom is -0.384 e. The zero-order valence-electron chi connectivity index (χ0n) is 11.3. The predicted molar refractivity (Wildman–Crippen MR) is 75.0 cm³/mol. The monoisotopic (exact) mass is 260 g/mol. The molecule has 2 heterocycles. The van der Waals surface area contributed by atoms with Crippen molar-refractivity contribution in [3.63, 3.8) is 0 Å². The lowest BCUT2D eigenvalue weighted by atomic mass is 10.0. The van der Waals surface area contributed by atoms with E-state index in [1.165, 1.54) is 5.56 Å². The minimum absolute atomic E-state index is 0.0892. The summed E-state index contributed by atoms with van der Waals surface area (Å²) < 4.78 is 1.63. The van der Waals surface area contributed by atoms with Crippen LogP contribution in [0, 0.1) is 0 Å². The van der Waals surface area contributed by atoms with Crippen molar-refractivity contribution in [2.45, 2.75) is 25.8 Å². The van der Waals surface area contributed by atoms with E-state index >= 15 is 0 Å². The Labute approximate surface area is 112 Å². The predicted octanol–water partition coefficient (Wildman–Crippen LogP) is 0.707. The van der Waals surface area contributed by atoms with E-state index in [2.05, 4.69) is 28.5 Å². The molecule has 0 amide bonds. The van der Waals surface area contributed by atoms with Gasteiger partial charge in [0.1, 0.15) is 5.82 Å². The number of pyridine rings is 1. The van der Waals surface area contributed by atoms with Gasteiger partial charge in [-0.2, -0.15) is 5.10 Å². The molecule has 0 fully saturated rings. The summed E-state index contributed by atoms with van der Waals surface area (Å²) in [7, 11) is 1.81. The number of anilines is 1. The van der Waals surface area contributed by atoms with E-state index in [1.807, 2.05) is 12.3 Å². The van der Waals surface area contributed by atoms with Gasteiger partial charge in [0.2, 0.25) is 0 Å². The van der Waals surface area contributed by atoms with Gasteiger partial charge in [-0.1, -0.05) is 13.0 Å². The number of hydrogen-bond donors (Lipinski definition) is 3. The Kier molecular flexibility index (Phi) is 4.13. The van der Waals surface area contributed by atoms with Gasteiger partial charge in [-0.3, -0.25) is 20.9 Å². The first-order valence-corrected chi connectivity index (χ1v) is 6.33. The van der Waals surface area contributed by atoms with E-state index in [4.69, 9.17) is 11.6 Å². The van der Waals surface area contributed by atoms with E-state index in [0.717, 1.165) is 17.7 Å². The van der Waals surface area contributed by atoms with Crippen LogP contribution < -0.4 is 17.0 Å². The zero-order valence-corrected chi connectivity index (χ0v) is 11.3. The van der Waals surface area contributed by atoms with Crippen LogP contribution in [0.1, 0.15) is 29.8 Å². The van der Waals surface area contributed by atoms with Crippen molar-refractivity contribution in [3.8, 4) is 0 Å². The Morgan fingerprint density at radius 1 is 1.37 bits per heavy atom. The maximum absolute atomic E-state index is 5.96. The van der Waals surface area contributed by atoms with Crippen molar-refractivity contribution < 1.29 is 0 Å². The topological polar surface area (TPSA) is 94.8 Å². The highest BCUT2D eigenvalue weighted by Crippen LogP contribution is 2.22. The molecule has 2 aromatic rings. The quantitative estimate of drug-likeness (QED) is 0.543. The van der Waals surface area contributed by atoms with Crippen molar-refractivity contribution in [3.05, 3.63) is 41.3 Å². The number of nitrogen functional groups attached to an aromatic ring is 1. The van der Waals surface area contributed by atoms with Crippen molar-refractivity contribution in [1.29, 1.82) is 0 Å². The van der Waals surface area contributed by atoms with Crippen molar-refractivity contribution in [1.82, 2.24) is 20.2 Å². The summed E-state index contributed by atoms with van der Waals surface area (Å²) in [5.41, 5.74) is 11.8. The van der Waals surface area contributed by atoms with E-state index in [1.54, 1.807) is 17.9 Å². The summed E-state index contributed by atoms with van der Waals surface area (Å²) in [6.45, 7) is 2.11. The van der Waals surface area contributed by atoms with Crippen LogP contribution >= 0.6 is 0 Å². The van der Waals surface area contributed by atoms with Gasteiger partial charge in [0.05, 0.1) is 12.2 Å². The Morgan fingerprint density at radius 2 is 2.16 bits per heavy atom. The molecule has 0 spiro atoms. The van der Waals surface area contributed by atoms with E-state index < -0.39 is 0 Å². The molecule has 0 aromatic carbocycles. The standard InChI is InChI=1S/C13H20N6/c1-3-9-4-5-10(16-7-9)6-12(18-15)11-8-17-19(2)13(11)14/h4-5,7-8,12,18H,3,6,14-15H2,1-2H3. The number of hydrazine groups is 1. The van der Waals surface area contributed by atoms with Gasteiger partial charge < -0.3 is 5.73 Å². The Hall–Kier alpha value is -1.92. The largest absolute Gasteiger partial charge is 0.384 e. The first-order valence-electron chi connectivity index (χ1n) is 6.33. The molecule has 2 rings (SSSR count). The van der Waals surface area contributed by atoms with Crippen LogP contribution in [0.2, 0.25) is 0 Å². The molecule has 102 valence electrons. The van der Waals surface area contributed by atoms with Gasteiger partial charge in [0, 0.05) is 30.9 Å². The molecule has 6 nitrogen and oxygen atoms in total. The summed E-state index contributed by atoms with van der Waals surface area (Å²) in [6, 6.07) is 4.02. The number of aryl methyl sites for hydroxylation is 2. The van der Waals surface area contributed by atoms with Crippen molar-refractivity contribution in [2.24, 2.45) is 12.9 Å². The Bertz CT molecular complexity index is 531. The average molecular weight is 260 g/mol. The Balaban J connectivity index is 2.16. The zero-order chi connectivity index (χ0) is 13.8. The molecule has 0 radical (unpaired) electrons. The van der Waals surface area contributed by atoms with Crippen LogP contribution in [0.25, 0.3) is 0 Å². The van der Waals surface area contributed by atoms with E-state index in [-0.39, 0.29) is 6.04 Å². The number of nitrogens with zero attached hydrogens (tertiary/aromatic N) is 3. The fraction of sp³-hybridized carbons (Fsp3) is 0.385. The fourth-order valence-corrected chi connectivity index (χ4v) is 1.99. The minimum atomic E-state index is -0.0892. The second-order valence-corrected chi connectivity index (χ2v) is 4.54. The number of nitrogens with one attached hydrogen (secondary N) is 1. The molecule has 6 heteroatoms. The molecular formula is C13H20N6. The van der Waals surface area contributed by atoms with Crippen molar-refractivity contribution >= 4 is 5.82 Å². The second-order valence-electron chi connectivity index (χ2n) is 4.54. The third kappa shape index (κ3) is 2.91. The van der Waals surface area contributed by atoms with Crippen LogP contribution in [0.3, 0.4) is 0 Å². The summed E-state index contributed by atoms with van der Waals surface area (Å²) in [5, 5.41) is 4.13. The summed E-state index contributed by atoms with van der Waals surface area (Å²) in [6.07, 6.45) is 5.30. The molecule has 0 saturated heterocycles. The lowest BCUT2D eigenvalue weighted by Gasteiger charge is -2.15. The molecule has 2 aromatic heterocycles. The van der Waals surface area contributed by atoms with Crippen LogP contribution in [0.5, 0.6) is 0 Å². The van der Waals surface area contributed by atoms with Crippen LogP contribution in [0.15, 0.2) is 24.5 Å². The first kappa shape index (κ1) is 13.5. The molecule has 0 saturated carbocycles. The normalized spacial score (nSPS) is 12.6. The molecule has 19 heavy (non-hydrogen) atoms. The third-order valence-corrected chi connectivity index (χ3v) is 3.30. The van der Waals surface area contributed by atoms with Gasteiger partial charge in [-0.25, -0.2) is 0 Å². The first-order chi connectivity index (χ1) is 9.15. The lowest BCUT2D eigenvalue weighted by Crippen LogP contribution is -2.30. The summed E-state index contributed by atoms with van der Waals surface area (Å²) in [5.74, 6) is 6.24. The van der Waals surface area contributed by atoms with Crippen molar-refractivity contribution in [2.75, 3.05) is 5.73 Å². The molecule has 0 aliphatic rings. The highest BCUT2D eigenvalue weighted by molar-refractivity contribution is 5.41. The van der Waals surface area contributed by atoms with Crippen LogP contribution in [-0.4, -0.2) is 14.8 Å². The maximum Gasteiger partial charge on any atom is 0.126 e. The van der Waals surface area contributed by atoms with Gasteiger partial charge in [0.15, 0.2) is 0 Å². The molecule has 0 aliphatic carbocycles. The average Bonchev–Trinajstić information content (AvgIpc) is 2.77. The smallest absolute Gasteiger partial charge is 0.126 e. The van der Waals surface area contributed by atoms with E-state index in [9.17, 15) is 0 Å². The molecular weight excluding hydrogens is 240 g/mol. The number of hydrogen-bond acceptors (Lipinski definition) is 5. The molecule has 0 bridgehead atoms. The fourth-order valence-electron chi connectivity index (χ4n) is 1.99. The summed E-state index contributed by atoms with van der Waals surface area (Å²) >= 11 is 0. The summed E-state index contributed by atoms with van der Waals surface area (Å²) in [4.78, 5) is 4.44. The third-order valence-electron chi connectivity index (χ3n) is 3.30. The highest BCUT2D eigenvalue weighted by Gasteiger charge is 2.17. The number of nitrogens with two attached hydrogens (primary N) is 2. The van der Waals surface area contributed by atoms with Gasteiger partial charge in [-0.05, 0) is 18.1 Å². The lowest BCUT2D eigenvalue weighted by molar-refractivity contribution is 0.547. The molecule has 1 unspecified atom stereocenters. The highest BCUT2D eigenvalue weighted by atomic mass is 15.3. The maximum atomic E-state index is 5.96. The molecule has 1 atom stereocenters. The SMILES string of the molecule is CCc1ccc(CC(NN)c2cnn(C)c2N)nc1. The van der Waals surface area contributed by atoms with Gasteiger partial charge in [0.25, 0.3) is 0 Å². The second kappa shape index (κ2) is 5.81.